The summed E-state index contributed by atoms with van der Waals surface area (Å²) in [6.45, 7) is 0. The van der Waals surface area contributed by atoms with Crippen molar-refractivity contribution in [2.45, 2.75) is 44.4 Å². The zero-order chi connectivity index (χ0) is 14.1. The molecule has 3 heterocycles. The Bertz CT molecular complexity index is 725. The van der Waals surface area contributed by atoms with Gasteiger partial charge in [-0.2, -0.15) is 9.61 Å². The molecule has 3 aromatic heterocycles. The summed E-state index contributed by atoms with van der Waals surface area (Å²) in [5.41, 5.74) is 0.822. The van der Waals surface area contributed by atoms with Gasteiger partial charge in [-0.15, -0.1) is 10.2 Å². The maximum atomic E-state index is 4.78. The van der Waals surface area contributed by atoms with Crippen molar-refractivity contribution in [3.63, 3.8) is 0 Å². The van der Waals surface area contributed by atoms with Crippen molar-refractivity contribution < 1.29 is 0 Å². The molecule has 1 saturated carbocycles. The normalized spacial score (nSPS) is 17.1. The molecule has 108 valence electrons. The topological polar surface area (TPSA) is 56.0 Å². The fourth-order valence-corrected chi connectivity index (χ4v) is 3.99. The number of hydrogen-bond acceptors (Lipinski definition) is 5. The van der Waals surface area contributed by atoms with Crippen molar-refractivity contribution >= 4 is 16.3 Å². The highest BCUT2D eigenvalue weighted by Crippen LogP contribution is 2.34. The summed E-state index contributed by atoms with van der Waals surface area (Å²) in [7, 11) is 0. The van der Waals surface area contributed by atoms with Crippen LogP contribution in [0.25, 0.3) is 16.5 Å². The minimum Gasteiger partial charge on any atom is -0.253 e. The number of fused-ring (bicyclic) bond motifs is 1. The van der Waals surface area contributed by atoms with E-state index in [-0.39, 0.29) is 0 Å². The third kappa shape index (κ3) is 2.44. The molecule has 0 saturated heterocycles. The summed E-state index contributed by atoms with van der Waals surface area (Å²) in [4.78, 5) is 5.22. The maximum Gasteiger partial charge on any atom is 0.235 e. The molecule has 3 aromatic rings. The lowest BCUT2D eigenvalue weighted by Crippen LogP contribution is -1.99. The van der Waals surface area contributed by atoms with E-state index in [1.165, 1.54) is 43.5 Å². The smallest absolute Gasteiger partial charge is 0.235 e. The summed E-state index contributed by atoms with van der Waals surface area (Å²) >= 11 is 1.68. The van der Waals surface area contributed by atoms with Gasteiger partial charge in [0.2, 0.25) is 10.8 Å². The Morgan fingerprint density at radius 3 is 2.67 bits per heavy atom. The van der Waals surface area contributed by atoms with Gasteiger partial charge in [-0.1, -0.05) is 43.1 Å². The number of hydrogen-bond donors (Lipinski definition) is 0. The third-order valence-electron chi connectivity index (χ3n) is 4.10. The number of rotatable bonds is 2. The standard InChI is InChI=1S/C15H17N5S/c1-2-4-8-11(7-3-1)14-19-20-13(17-18-15(20)21-14)12-9-5-6-10-16-12/h5-6,9-11H,1-4,7-8H2. The van der Waals surface area contributed by atoms with Crippen molar-refractivity contribution in [1.82, 2.24) is 24.8 Å². The highest BCUT2D eigenvalue weighted by Gasteiger charge is 2.21. The van der Waals surface area contributed by atoms with Crippen molar-refractivity contribution in [3.05, 3.63) is 29.4 Å². The van der Waals surface area contributed by atoms with Gasteiger partial charge in [-0.25, -0.2) is 0 Å². The van der Waals surface area contributed by atoms with E-state index in [0.29, 0.717) is 5.92 Å². The molecule has 0 atom stereocenters. The van der Waals surface area contributed by atoms with Crippen molar-refractivity contribution in [2.75, 3.05) is 0 Å². The summed E-state index contributed by atoms with van der Waals surface area (Å²) in [5.74, 6) is 1.33. The Balaban J connectivity index is 1.72. The molecule has 0 spiro atoms. The van der Waals surface area contributed by atoms with Crippen molar-refractivity contribution in [2.24, 2.45) is 0 Å². The predicted molar refractivity (Wildman–Crippen MR) is 82.3 cm³/mol. The Morgan fingerprint density at radius 2 is 1.90 bits per heavy atom. The molecule has 21 heavy (non-hydrogen) atoms. The van der Waals surface area contributed by atoms with E-state index >= 15 is 0 Å². The van der Waals surface area contributed by atoms with Gasteiger partial charge in [0.15, 0.2) is 0 Å². The first-order chi connectivity index (χ1) is 10.4. The molecule has 0 radical (unpaired) electrons. The SMILES string of the molecule is c1ccc(-c2nnc3sc(C4CCCCCC4)nn23)nc1. The molecule has 6 heteroatoms. The summed E-state index contributed by atoms with van der Waals surface area (Å²) in [6.07, 6.45) is 9.64. The third-order valence-corrected chi connectivity index (χ3v) is 5.17. The van der Waals surface area contributed by atoms with Gasteiger partial charge in [-0.3, -0.25) is 4.98 Å². The van der Waals surface area contributed by atoms with E-state index in [1.807, 2.05) is 22.7 Å². The van der Waals surface area contributed by atoms with Gasteiger partial charge >= 0.3 is 0 Å². The number of aromatic nitrogens is 5. The highest BCUT2D eigenvalue weighted by molar-refractivity contribution is 7.16. The second kappa shape index (κ2) is 5.52. The lowest BCUT2D eigenvalue weighted by molar-refractivity contribution is 0.581. The van der Waals surface area contributed by atoms with Crippen LogP contribution >= 0.6 is 11.3 Å². The first kappa shape index (κ1) is 12.9. The van der Waals surface area contributed by atoms with Crippen LogP contribution in [0.1, 0.15) is 49.5 Å². The molecule has 1 aliphatic carbocycles. The average Bonchev–Trinajstić information content (AvgIpc) is 2.99. The zero-order valence-electron chi connectivity index (χ0n) is 11.8. The zero-order valence-corrected chi connectivity index (χ0v) is 12.6. The Labute approximate surface area is 127 Å². The van der Waals surface area contributed by atoms with Crippen LogP contribution in [0.4, 0.5) is 0 Å². The lowest BCUT2D eigenvalue weighted by atomic mass is 10.0. The molecular weight excluding hydrogens is 282 g/mol. The first-order valence-electron chi connectivity index (χ1n) is 7.55. The Kier molecular flexibility index (Phi) is 3.39. The minimum absolute atomic E-state index is 0.593. The second-order valence-electron chi connectivity index (χ2n) is 5.56. The monoisotopic (exact) mass is 299 g/mol. The highest BCUT2D eigenvalue weighted by atomic mass is 32.1. The molecule has 0 aliphatic heterocycles. The van der Waals surface area contributed by atoms with E-state index in [4.69, 9.17) is 5.10 Å². The van der Waals surface area contributed by atoms with Gasteiger partial charge in [0.25, 0.3) is 0 Å². The molecule has 4 rings (SSSR count). The van der Waals surface area contributed by atoms with Crippen LogP contribution in [0.2, 0.25) is 0 Å². The maximum absolute atomic E-state index is 4.78. The van der Waals surface area contributed by atoms with Crippen LogP contribution in [-0.4, -0.2) is 24.8 Å². The molecule has 1 fully saturated rings. The van der Waals surface area contributed by atoms with E-state index < -0.39 is 0 Å². The fourth-order valence-electron chi connectivity index (χ4n) is 2.98. The van der Waals surface area contributed by atoms with Gasteiger partial charge in [-0.05, 0) is 25.0 Å². The van der Waals surface area contributed by atoms with Crippen LogP contribution in [0.3, 0.4) is 0 Å². The van der Waals surface area contributed by atoms with Gasteiger partial charge in [0.05, 0.1) is 0 Å². The van der Waals surface area contributed by atoms with Crippen molar-refractivity contribution in [3.8, 4) is 11.5 Å². The summed E-state index contributed by atoms with van der Waals surface area (Å²) in [6, 6.07) is 5.81. The van der Waals surface area contributed by atoms with Crippen LogP contribution in [0, 0.1) is 0 Å². The van der Waals surface area contributed by atoms with E-state index in [0.717, 1.165) is 16.5 Å². The van der Waals surface area contributed by atoms with Crippen LogP contribution < -0.4 is 0 Å². The van der Waals surface area contributed by atoms with Crippen LogP contribution in [0.15, 0.2) is 24.4 Å². The van der Waals surface area contributed by atoms with E-state index in [1.54, 1.807) is 17.5 Å². The molecule has 0 amide bonds. The van der Waals surface area contributed by atoms with Gasteiger partial charge < -0.3 is 0 Å². The van der Waals surface area contributed by atoms with Crippen LogP contribution in [0.5, 0.6) is 0 Å². The lowest BCUT2D eigenvalue weighted by Gasteiger charge is -2.08. The number of nitrogens with zero attached hydrogens (tertiary/aromatic N) is 5. The van der Waals surface area contributed by atoms with Crippen molar-refractivity contribution in [1.29, 1.82) is 0 Å². The fraction of sp³-hybridized carbons (Fsp3) is 0.467. The predicted octanol–water partition coefficient (Wildman–Crippen LogP) is 3.69. The van der Waals surface area contributed by atoms with E-state index in [9.17, 15) is 0 Å². The minimum atomic E-state index is 0.593. The molecular formula is C15H17N5S. The van der Waals surface area contributed by atoms with Gasteiger partial charge in [0.1, 0.15) is 10.7 Å². The quantitative estimate of drug-likeness (QED) is 0.677. The Hall–Kier alpha value is -1.82. The molecule has 0 aromatic carbocycles. The van der Waals surface area contributed by atoms with Crippen LogP contribution in [-0.2, 0) is 0 Å². The largest absolute Gasteiger partial charge is 0.253 e. The summed E-state index contributed by atoms with van der Waals surface area (Å²) in [5, 5.41) is 14.5. The second-order valence-corrected chi connectivity index (χ2v) is 6.55. The molecule has 0 N–H and O–H groups in total. The van der Waals surface area contributed by atoms with Gasteiger partial charge in [0, 0.05) is 12.1 Å². The number of pyridine rings is 1. The average molecular weight is 299 g/mol. The summed E-state index contributed by atoms with van der Waals surface area (Å²) < 4.78 is 1.85. The molecule has 1 aliphatic rings. The molecule has 0 unspecified atom stereocenters. The molecule has 0 bridgehead atoms. The van der Waals surface area contributed by atoms with E-state index in [2.05, 4.69) is 15.2 Å². The molecule has 5 nitrogen and oxygen atoms in total. The first-order valence-corrected chi connectivity index (χ1v) is 8.37. The Morgan fingerprint density at radius 1 is 1.05 bits per heavy atom.